The second-order valence-corrected chi connectivity index (χ2v) is 10.5. The number of nitrogens with one attached hydrogen (secondary N) is 1. The molecule has 0 amide bonds. The van der Waals surface area contributed by atoms with Gasteiger partial charge >= 0.3 is 0 Å². The van der Waals surface area contributed by atoms with E-state index >= 15 is 0 Å². The van der Waals surface area contributed by atoms with E-state index in [0.717, 1.165) is 29.9 Å². The fourth-order valence-electron chi connectivity index (χ4n) is 4.17. The molecule has 0 unspecified atom stereocenters. The largest absolute Gasteiger partial charge is 0.493 e. The Labute approximate surface area is 213 Å². The van der Waals surface area contributed by atoms with Gasteiger partial charge in [-0.1, -0.05) is 19.9 Å². The lowest BCUT2D eigenvalue weighted by Gasteiger charge is -2.32. The van der Waals surface area contributed by atoms with Gasteiger partial charge in [0.15, 0.2) is 11.5 Å². The summed E-state index contributed by atoms with van der Waals surface area (Å²) in [6, 6.07) is 8.72. The highest BCUT2D eigenvalue weighted by Gasteiger charge is 2.34. The summed E-state index contributed by atoms with van der Waals surface area (Å²) in [6.07, 6.45) is 3.05. The van der Waals surface area contributed by atoms with E-state index in [4.69, 9.17) is 18.9 Å². The average molecular weight is 521 g/mol. The maximum Gasteiger partial charge on any atom is 0.243 e. The van der Waals surface area contributed by atoms with Crippen LogP contribution in [0.1, 0.15) is 43.7 Å². The van der Waals surface area contributed by atoms with Gasteiger partial charge in [0.05, 0.1) is 37.0 Å². The molecule has 0 aliphatic carbocycles. The van der Waals surface area contributed by atoms with Crippen molar-refractivity contribution in [3.8, 4) is 23.0 Å². The molecule has 0 spiro atoms. The number of sulfonamides is 1. The quantitative estimate of drug-likeness (QED) is 0.314. The van der Waals surface area contributed by atoms with E-state index in [1.54, 1.807) is 0 Å². The predicted octanol–water partition coefficient (Wildman–Crippen LogP) is 4.37. The SMILES string of the molecule is C=C(NO)c1c(S(=O)(=O)N2CCC(Oc3ccc(OCCCC)c(C)c3)CC2)ccc(OC)c1OC. The summed E-state index contributed by atoms with van der Waals surface area (Å²) in [5, 5.41) is 9.46. The van der Waals surface area contributed by atoms with E-state index < -0.39 is 10.0 Å². The zero-order chi connectivity index (χ0) is 26.3. The van der Waals surface area contributed by atoms with Crippen LogP contribution >= 0.6 is 0 Å². The first-order chi connectivity index (χ1) is 17.3. The molecule has 1 saturated heterocycles. The number of unbranched alkanes of at least 4 members (excludes halogenated alkanes) is 1. The first-order valence-electron chi connectivity index (χ1n) is 12.0. The topological polar surface area (TPSA) is 107 Å². The van der Waals surface area contributed by atoms with Crippen molar-refractivity contribution in [3.05, 3.63) is 48.0 Å². The third kappa shape index (κ3) is 6.05. The fourth-order valence-corrected chi connectivity index (χ4v) is 5.85. The van der Waals surface area contributed by atoms with Gasteiger partial charge in [-0.2, -0.15) is 4.31 Å². The second kappa shape index (κ2) is 12.3. The normalized spacial score (nSPS) is 14.8. The molecule has 2 N–H and O–H groups in total. The molecule has 9 nitrogen and oxygen atoms in total. The summed E-state index contributed by atoms with van der Waals surface area (Å²) in [4.78, 5) is -0.0274. The molecule has 3 rings (SSSR count). The molecule has 1 fully saturated rings. The molecule has 2 aromatic rings. The number of nitrogens with zero attached hydrogens (tertiary/aromatic N) is 1. The molecule has 0 radical (unpaired) electrons. The summed E-state index contributed by atoms with van der Waals surface area (Å²) in [6.45, 7) is 9.11. The van der Waals surface area contributed by atoms with Gasteiger partial charge in [-0.05, 0) is 62.1 Å². The van der Waals surface area contributed by atoms with Crippen molar-refractivity contribution < 1.29 is 32.6 Å². The zero-order valence-corrected chi connectivity index (χ0v) is 22.2. The van der Waals surface area contributed by atoms with E-state index in [1.807, 2.05) is 30.6 Å². The summed E-state index contributed by atoms with van der Waals surface area (Å²) >= 11 is 0. The van der Waals surface area contributed by atoms with E-state index in [0.29, 0.717) is 25.2 Å². The van der Waals surface area contributed by atoms with E-state index in [1.165, 1.54) is 30.7 Å². The molecule has 0 aromatic heterocycles. The van der Waals surface area contributed by atoms with Crippen LogP contribution in [0.4, 0.5) is 0 Å². The minimum absolute atomic E-state index is 0.0139. The molecule has 0 bridgehead atoms. The van der Waals surface area contributed by atoms with Crippen LogP contribution in [0.5, 0.6) is 23.0 Å². The Morgan fingerprint density at radius 2 is 1.83 bits per heavy atom. The smallest absolute Gasteiger partial charge is 0.243 e. The summed E-state index contributed by atoms with van der Waals surface area (Å²) in [5.74, 6) is 2.08. The maximum absolute atomic E-state index is 13.6. The van der Waals surface area contributed by atoms with E-state index in [9.17, 15) is 13.6 Å². The molecular formula is C26H36N2O7S. The Morgan fingerprint density at radius 3 is 2.42 bits per heavy atom. The van der Waals surface area contributed by atoms with Crippen molar-refractivity contribution in [2.45, 2.75) is 50.5 Å². The Kier molecular flexibility index (Phi) is 9.47. The Balaban J connectivity index is 1.72. The Hall–Kier alpha value is -2.95. The van der Waals surface area contributed by atoms with Crippen LogP contribution in [-0.2, 0) is 10.0 Å². The number of hydroxylamine groups is 1. The molecule has 1 heterocycles. The molecule has 0 atom stereocenters. The molecule has 10 heteroatoms. The second-order valence-electron chi connectivity index (χ2n) is 8.62. The van der Waals surface area contributed by atoms with Crippen LogP contribution in [0.15, 0.2) is 41.8 Å². The first kappa shape index (κ1) is 27.6. The van der Waals surface area contributed by atoms with Crippen molar-refractivity contribution in [3.63, 3.8) is 0 Å². The van der Waals surface area contributed by atoms with Crippen molar-refractivity contribution in [2.24, 2.45) is 0 Å². The minimum atomic E-state index is -3.91. The molecule has 36 heavy (non-hydrogen) atoms. The summed E-state index contributed by atoms with van der Waals surface area (Å²) in [5.41, 5.74) is 3.05. The Morgan fingerprint density at radius 1 is 1.14 bits per heavy atom. The van der Waals surface area contributed by atoms with Crippen molar-refractivity contribution >= 4 is 15.7 Å². The van der Waals surface area contributed by atoms with Gasteiger partial charge in [-0.15, -0.1) is 0 Å². The third-order valence-electron chi connectivity index (χ3n) is 6.17. The van der Waals surface area contributed by atoms with Crippen LogP contribution in [-0.4, -0.2) is 58.0 Å². The standard InChI is InChI=1S/C26H36N2O7S/c1-6-7-16-34-22-9-8-21(17-18(22)2)35-20-12-14-28(15-13-20)36(30,31)24-11-10-23(32-4)26(33-5)25(24)19(3)27-29/h8-11,17,20,27,29H,3,6-7,12-16H2,1-2,4-5H3. The monoisotopic (exact) mass is 520 g/mol. The molecule has 198 valence electrons. The lowest BCUT2D eigenvalue weighted by Crippen LogP contribution is -2.42. The summed E-state index contributed by atoms with van der Waals surface area (Å²) in [7, 11) is -1.06. The van der Waals surface area contributed by atoms with Crippen LogP contribution in [0.25, 0.3) is 5.70 Å². The number of methoxy groups -OCH3 is 2. The first-order valence-corrected chi connectivity index (χ1v) is 13.4. The maximum atomic E-state index is 13.6. The molecule has 1 aliphatic heterocycles. The molecule has 2 aromatic carbocycles. The highest BCUT2D eigenvalue weighted by atomic mass is 32.2. The molecular weight excluding hydrogens is 484 g/mol. The van der Waals surface area contributed by atoms with Crippen LogP contribution in [0, 0.1) is 6.92 Å². The van der Waals surface area contributed by atoms with Gasteiger partial charge in [0.2, 0.25) is 10.0 Å². The predicted molar refractivity (Wildman–Crippen MR) is 137 cm³/mol. The van der Waals surface area contributed by atoms with Gasteiger partial charge in [-0.3, -0.25) is 10.7 Å². The van der Waals surface area contributed by atoms with E-state index in [2.05, 4.69) is 13.5 Å². The fraction of sp³-hybridized carbons (Fsp3) is 0.462. The van der Waals surface area contributed by atoms with Gasteiger partial charge in [-0.25, -0.2) is 8.42 Å². The number of rotatable bonds is 12. The van der Waals surface area contributed by atoms with Crippen LogP contribution in [0.3, 0.4) is 0 Å². The zero-order valence-electron chi connectivity index (χ0n) is 21.4. The van der Waals surface area contributed by atoms with Crippen molar-refractivity contribution in [1.82, 2.24) is 9.79 Å². The van der Waals surface area contributed by atoms with Gasteiger partial charge in [0, 0.05) is 13.1 Å². The van der Waals surface area contributed by atoms with Gasteiger partial charge in [0.1, 0.15) is 17.6 Å². The number of benzene rings is 2. The molecule has 0 saturated carbocycles. The number of ether oxygens (including phenoxy) is 4. The van der Waals surface area contributed by atoms with Crippen molar-refractivity contribution in [1.29, 1.82) is 0 Å². The number of hydrogen-bond donors (Lipinski definition) is 2. The molecule has 1 aliphatic rings. The average Bonchev–Trinajstić information content (AvgIpc) is 2.88. The van der Waals surface area contributed by atoms with Crippen molar-refractivity contribution in [2.75, 3.05) is 33.9 Å². The third-order valence-corrected chi connectivity index (χ3v) is 8.11. The highest BCUT2D eigenvalue weighted by molar-refractivity contribution is 7.89. The van der Waals surface area contributed by atoms with Crippen LogP contribution in [0.2, 0.25) is 0 Å². The van der Waals surface area contributed by atoms with E-state index in [-0.39, 0.29) is 41.1 Å². The minimum Gasteiger partial charge on any atom is -0.493 e. The van der Waals surface area contributed by atoms with Crippen LogP contribution < -0.4 is 24.4 Å². The number of piperidine rings is 1. The number of hydrogen-bond acceptors (Lipinski definition) is 8. The summed E-state index contributed by atoms with van der Waals surface area (Å²) < 4.78 is 51.2. The lowest BCUT2D eigenvalue weighted by atomic mass is 10.1. The number of aryl methyl sites for hydroxylation is 1. The van der Waals surface area contributed by atoms with Gasteiger partial charge in [0.25, 0.3) is 0 Å². The van der Waals surface area contributed by atoms with Gasteiger partial charge < -0.3 is 18.9 Å². The lowest BCUT2D eigenvalue weighted by molar-refractivity contribution is 0.135. The highest BCUT2D eigenvalue weighted by Crippen LogP contribution is 2.40. The Bertz CT molecular complexity index is 1160.